The lowest BCUT2D eigenvalue weighted by Crippen LogP contribution is -2.39. The largest absolute Gasteiger partial charge is 0.496 e. The number of benzene rings is 1. The van der Waals surface area contributed by atoms with Gasteiger partial charge in [0.25, 0.3) is 0 Å². The van der Waals surface area contributed by atoms with Crippen LogP contribution >= 0.6 is 0 Å². The molecule has 0 spiro atoms. The lowest BCUT2D eigenvalue weighted by atomic mass is 9.71. The van der Waals surface area contributed by atoms with Crippen LogP contribution in [-0.2, 0) is 11.2 Å². The second-order valence-electron chi connectivity index (χ2n) is 7.41. The van der Waals surface area contributed by atoms with Crippen molar-refractivity contribution in [2.75, 3.05) is 13.7 Å². The molecule has 1 unspecified atom stereocenters. The van der Waals surface area contributed by atoms with Crippen LogP contribution in [0.15, 0.2) is 28.8 Å². The molecule has 0 aliphatic heterocycles. The Hall–Kier alpha value is -2.41. The molecular formula is C20H28N4O3. The van der Waals surface area contributed by atoms with Crippen molar-refractivity contribution in [3.05, 3.63) is 41.5 Å². The van der Waals surface area contributed by atoms with Gasteiger partial charge in [0, 0.05) is 25.5 Å². The fourth-order valence-electron chi connectivity index (χ4n) is 3.88. The Morgan fingerprint density at radius 3 is 2.78 bits per heavy atom. The lowest BCUT2D eigenvalue weighted by Gasteiger charge is -2.36. The van der Waals surface area contributed by atoms with Crippen molar-refractivity contribution < 1.29 is 14.1 Å². The highest BCUT2D eigenvalue weighted by Crippen LogP contribution is 2.38. The van der Waals surface area contributed by atoms with E-state index in [0.29, 0.717) is 30.4 Å². The summed E-state index contributed by atoms with van der Waals surface area (Å²) in [6.07, 6.45) is 6.28. The van der Waals surface area contributed by atoms with Crippen molar-refractivity contribution in [3.8, 4) is 5.75 Å². The highest BCUT2D eigenvalue weighted by molar-refractivity contribution is 5.72. The Morgan fingerprint density at radius 2 is 2.07 bits per heavy atom. The van der Waals surface area contributed by atoms with Gasteiger partial charge in [-0.15, -0.1) is 0 Å². The minimum absolute atomic E-state index is 0.00985. The maximum atomic E-state index is 11.4. The molecule has 7 nitrogen and oxygen atoms in total. The molecule has 1 atom stereocenters. The molecule has 2 aromatic rings. The van der Waals surface area contributed by atoms with Crippen molar-refractivity contribution in [3.63, 3.8) is 0 Å². The Bertz CT molecular complexity index is 768. The van der Waals surface area contributed by atoms with Crippen LogP contribution in [0.25, 0.3) is 0 Å². The summed E-state index contributed by atoms with van der Waals surface area (Å²) in [5, 5.41) is 7.08. The molecule has 3 N–H and O–H groups in total. The molecule has 146 valence electrons. The summed E-state index contributed by atoms with van der Waals surface area (Å²) in [7, 11) is 1.61. The van der Waals surface area contributed by atoms with Crippen molar-refractivity contribution in [2.45, 2.75) is 51.5 Å². The molecule has 7 heteroatoms. The zero-order valence-electron chi connectivity index (χ0n) is 16.0. The second-order valence-corrected chi connectivity index (χ2v) is 7.41. The van der Waals surface area contributed by atoms with E-state index in [9.17, 15) is 4.79 Å². The fourth-order valence-corrected chi connectivity index (χ4v) is 3.88. The van der Waals surface area contributed by atoms with E-state index in [1.54, 1.807) is 14.0 Å². The van der Waals surface area contributed by atoms with Crippen LogP contribution in [0.4, 0.5) is 0 Å². The number of nitrogens with one attached hydrogen (secondary N) is 1. The van der Waals surface area contributed by atoms with Crippen LogP contribution < -0.4 is 15.8 Å². The van der Waals surface area contributed by atoms with Gasteiger partial charge in [0.05, 0.1) is 13.2 Å². The van der Waals surface area contributed by atoms with Gasteiger partial charge in [-0.3, -0.25) is 4.79 Å². The van der Waals surface area contributed by atoms with Gasteiger partial charge in [-0.2, -0.15) is 4.98 Å². The quantitative estimate of drug-likeness (QED) is 0.774. The average molecular weight is 372 g/mol. The first-order valence-corrected chi connectivity index (χ1v) is 9.48. The number of para-hydroxylation sites is 1. The van der Waals surface area contributed by atoms with Crippen LogP contribution in [0.5, 0.6) is 5.75 Å². The van der Waals surface area contributed by atoms with E-state index >= 15 is 0 Å². The number of rotatable bonds is 7. The van der Waals surface area contributed by atoms with E-state index in [2.05, 4.69) is 15.5 Å². The van der Waals surface area contributed by atoms with Gasteiger partial charge in [-0.05, 0) is 24.3 Å². The van der Waals surface area contributed by atoms with Gasteiger partial charge in [-0.25, -0.2) is 0 Å². The third-order valence-corrected chi connectivity index (χ3v) is 5.39. The summed E-state index contributed by atoms with van der Waals surface area (Å²) in [5.41, 5.74) is 7.14. The predicted molar refractivity (Wildman–Crippen MR) is 101 cm³/mol. The van der Waals surface area contributed by atoms with Gasteiger partial charge in [-0.1, -0.05) is 42.6 Å². The number of methoxy groups -OCH3 is 1. The van der Waals surface area contributed by atoms with E-state index in [1.807, 2.05) is 24.3 Å². The standard InChI is InChI=1S/C20H28N4O3/c1-14(25)22-13-20(10-6-3-7-11-20)12-17-23-19(24-27-17)18(21)15-8-4-5-9-16(15)26-2/h4-5,8-9,18H,3,6-7,10-13,21H2,1-2H3,(H,22,25). The minimum Gasteiger partial charge on any atom is -0.496 e. The number of carbonyl (C=O) groups is 1. The van der Waals surface area contributed by atoms with Crippen LogP contribution in [-0.4, -0.2) is 29.7 Å². The van der Waals surface area contributed by atoms with Crippen molar-refractivity contribution >= 4 is 5.91 Å². The van der Waals surface area contributed by atoms with Crippen molar-refractivity contribution in [1.82, 2.24) is 15.5 Å². The summed E-state index contributed by atoms with van der Waals surface area (Å²) in [6.45, 7) is 2.19. The smallest absolute Gasteiger partial charge is 0.227 e. The molecule has 1 aromatic heterocycles. The summed E-state index contributed by atoms with van der Waals surface area (Å²) < 4.78 is 10.9. The van der Waals surface area contributed by atoms with E-state index in [0.717, 1.165) is 31.2 Å². The summed E-state index contributed by atoms with van der Waals surface area (Å²) in [5.74, 6) is 1.71. The Balaban J connectivity index is 1.76. The molecular weight excluding hydrogens is 344 g/mol. The number of carbonyl (C=O) groups excluding carboxylic acids is 1. The van der Waals surface area contributed by atoms with Crippen LogP contribution in [0.3, 0.4) is 0 Å². The van der Waals surface area contributed by atoms with Crippen LogP contribution in [0.2, 0.25) is 0 Å². The summed E-state index contributed by atoms with van der Waals surface area (Å²) in [6, 6.07) is 7.05. The monoisotopic (exact) mass is 372 g/mol. The molecule has 1 heterocycles. The molecule has 3 rings (SSSR count). The number of aromatic nitrogens is 2. The molecule has 1 aliphatic carbocycles. The molecule has 0 radical (unpaired) electrons. The molecule has 1 saturated carbocycles. The van der Waals surface area contributed by atoms with E-state index in [1.165, 1.54) is 6.42 Å². The number of nitrogens with zero attached hydrogens (tertiary/aromatic N) is 2. The highest BCUT2D eigenvalue weighted by Gasteiger charge is 2.35. The maximum absolute atomic E-state index is 11.4. The molecule has 1 fully saturated rings. The van der Waals surface area contributed by atoms with E-state index < -0.39 is 6.04 Å². The molecule has 0 bridgehead atoms. The molecule has 1 aromatic carbocycles. The number of hydrogen-bond acceptors (Lipinski definition) is 6. The molecule has 27 heavy (non-hydrogen) atoms. The van der Waals surface area contributed by atoms with E-state index in [-0.39, 0.29) is 11.3 Å². The number of nitrogens with two attached hydrogens (primary N) is 1. The van der Waals surface area contributed by atoms with Gasteiger partial charge in [0.15, 0.2) is 5.82 Å². The molecule has 1 amide bonds. The van der Waals surface area contributed by atoms with Gasteiger partial charge >= 0.3 is 0 Å². The number of amides is 1. The highest BCUT2D eigenvalue weighted by atomic mass is 16.5. The number of ether oxygens (including phenoxy) is 1. The average Bonchev–Trinajstić information content (AvgIpc) is 3.15. The van der Waals surface area contributed by atoms with Crippen LogP contribution in [0, 0.1) is 5.41 Å². The third-order valence-electron chi connectivity index (χ3n) is 5.39. The Morgan fingerprint density at radius 1 is 1.33 bits per heavy atom. The normalized spacial score (nSPS) is 17.3. The summed E-state index contributed by atoms with van der Waals surface area (Å²) in [4.78, 5) is 16.0. The van der Waals surface area contributed by atoms with Gasteiger partial charge in [0.1, 0.15) is 5.75 Å². The summed E-state index contributed by atoms with van der Waals surface area (Å²) >= 11 is 0. The minimum atomic E-state index is -0.517. The topological polar surface area (TPSA) is 103 Å². The second kappa shape index (κ2) is 8.52. The van der Waals surface area contributed by atoms with Gasteiger partial charge in [0.2, 0.25) is 11.8 Å². The maximum Gasteiger partial charge on any atom is 0.227 e. The zero-order valence-corrected chi connectivity index (χ0v) is 16.0. The Labute approximate surface area is 159 Å². The fraction of sp³-hybridized carbons (Fsp3) is 0.550. The van der Waals surface area contributed by atoms with Crippen molar-refractivity contribution in [2.24, 2.45) is 11.1 Å². The van der Waals surface area contributed by atoms with Gasteiger partial charge < -0.3 is 20.3 Å². The molecule has 1 aliphatic rings. The first kappa shape index (κ1) is 19.4. The predicted octanol–water partition coefficient (Wildman–Crippen LogP) is 2.76. The van der Waals surface area contributed by atoms with E-state index in [4.69, 9.17) is 15.0 Å². The lowest BCUT2D eigenvalue weighted by molar-refractivity contribution is -0.119. The first-order valence-electron chi connectivity index (χ1n) is 9.48. The van der Waals surface area contributed by atoms with Crippen molar-refractivity contribution in [1.29, 1.82) is 0 Å². The van der Waals surface area contributed by atoms with Crippen LogP contribution in [0.1, 0.15) is 62.3 Å². The number of hydrogen-bond donors (Lipinski definition) is 2. The third kappa shape index (κ3) is 4.66. The zero-order chi connectivity index (χ0) is 19.3. The first-order chi connectivity index (χ1) is 13.0. The molecule has 0 saturated heterocycles. The SMILES string of the molecule is COc1ccccc1C(N)c1noc(CC2(CNC(C)=O)CCCCC2)n1. The Kier molecular flexibility index (Phi) is 6.11.